The van der Waals surface area contributed by atoms with Crippen LogP contribution in [0.15, 0.2) is 18.2 Å². The molecule has 0 spiro atoms. The van der Waals surface area contributed by atoms with Crippen molar-refractivity contribution >= 4 is 28.9 Å². The molecule has 0 unspecified atom stereocenters. The van der Waals surface area contributed by atoms with E-state index in [1.807, 2.05) is 0 Å². The standard InChI is InChI=1S/C15H17N3O5/c19-14-5-6-15(20)17(14)10-3-4-12(13(8-10)18(21)22)16-9-11-2-1-7-23-11/h3-4,8,11,16H,1-2,5-7,9H2/t11-/m1/s1. The van der Waals surface area contributed by atoms with Crippen LogP contribution in [-0.4, -0.2) is 36.0 Å². The molecular weight excluding hydrogens is 302 g/mol. The number of nitro benzene ring substituents is 1. The van der Waals surface area contributed by atoms with Gasteiger partial charge in [0.15, 0.2) is 0 Å². The molecule has 122 valence electrons. The molecule has 3 rings (SSSR count). The third-order valence-corrected chi connectivity index (χ3v) is 4.03. The van der Waals surface area contributed by atoms with Gasteiger partial charge in [-0.1, -0.05) is 0 Å². The summed E-state index contributed by atoms with van der Waals surface area (Å²) in [6, 6.07) is 4.34. The number of carbonyl (C=O) groups is 2. The van der Waals surface area contributed by atoms with Gasteiger partial charge in [-0.25, -0.2) is 0 Å². The number of imide groups is 1. The summed E-state index contributed by atoms with van der Waals surface area (Å²) in [6.07, 6.45) is 2.26. The normalized spacial score (nSPS) is 21.0. The van der Waals surface area contributed by atoms with Crippen molar-refractivity contribution < 1.29 is 19.2 Å². The van der Waals surface area contributed by atoms with Crippen LogP contribution in [0.5, 0.6) is 0 Å². The van der Waals surface area contributed by atoms with Crippen molar-refractivity contribution in [3.63, 3.8) is 0 Å². The lowest BCUT2D eigenvalue weighted by atomic mass is 10.2. The van der Waals surface area contributed by atoms with Crippen molar-refractivity contribution in [3.05, 3.63) is 28.3 Å². The minimum atomic E-state index is -0.521. The van der Waals surface area contributed by atoms with Gasteiger partial charge in [-0.05, 0) is 25.0 Å². The fourth-order valence-electron chi connectivity index (χ4n) is 2.85. The molecule has 0 aromatic heterocycles. The van der Waals surface area contributed by atoms with E-state index in [0.717, 1.165) is 17.7 Å². The Kier molecular flexibility index (Phi) is 4.24. The molecule has 0 radical (unpaired) electrons. The van der Waals surface area contributed by atoms with E-state index in [9.17, 15) is 19.7 Å². The van der Waals surface area contributed by atoms with Crippen LogP contribution in [0.25, 0.3) is 0 Å². The van der Waals surface area contributed by atoms with E-state index in [-0.39, 0.29) is 42.1 Å². The lowest BCUT2D eigenvalue weighted by Crippen LogP contribution is -2.28. The van der Waals surface area contributed by atoms with Crippen molar-refractivity contribution in [2.45, 2.75) is 31.8 Å². The number of rotatable bonds is 5. The average molecular weight is 319 g/mol. The SMILES string of the molecule is O=C1CCC(=O)N1c1ccc(NC[C@H]2CCCO2)c([N+](=O)[O-])c1. The Labute approximate surface area is 132 Å². The summed E-state index contributed by atoms with van der Waals surface area (Å²) in [4.78, 5) is 35.3. The second kappa shape index (κ2) is 6.33. The molecule has 8 nitrogen and oxygen atoms in total. The predicted octanol–water partition coefficient (Wildman–Crippen LogP) is 1.84. The molecule has 2 fully saturated rings. The Hall–Kier alpha value is -2.48. The first kappa shape index (κ1) is 15.4. The molecule has 2 amide bonds. The Bertz CT molecular complexity index is 639. The van der Waals surface area contributed by atoms with Gasteiger partial charge in [0, 0.05) is 32.1 Å². The van der Waals surface area contributed by atoms with E-state index >= 15 is 0 Å². The zero-order valence-electron chi connectivity index (χ0n) is 12.5. The number of hydrogen-bond donors (Lipinski definition) is 1. The van der Waals surface area contributed by atoms with Crippen LogP contribution in [0.3, 0.4) is 0 Å². The zero-order valence-corrected chi connectivity index (χ0v) is 12.5. The molecule has 8 heteroatoms. The highest BCUT2D eigenvalue weighted by atomic mass is 16.6. The molecule has 0 bridgehead atoms. The number of nitro groups is 1. The number of benzene rings is 1. The van der Waals surface area contributed by atoms with Crippen molar-refractivity contribution in [2.75, 3.05) is 23.4 Å². The molecule has 1 aromatic carbocycles. The van der Waals surface area contributed by atoms with Gasteiger partial charge in [-0.15, -0.1) is 0 Å². The van der Waals surface area contributed by atoms with Gasteiger partial charge in [0.2, 0.25) is 11.8 Å². The van der Waals surface area contributed by atoms with Gasteiger partial charge < -0.3 is 10.1 Å². The lowest BCUT2D eigenvalue weighted by molar-refractivity contribution is -0.383. The quantitative estimate of drug-likeness (QED) is 0.505. The maximum atomic E-state index is 11.8. The Morgan fingerprint density at radius 2 is 2.04 bits per heavy atom. The minimum Gasteiger partial charge on any atom is -0.377 e. The molecule has 1 N–H and O–H groups in total. The van der Waals surface area contributed by atoms with E-state index < -0.39 is 4.92 Å². The number of nitrogens with zero attached hydrogens (tertiary/aromatic N) is 2. The minimum absolute atomic E-state index is 0.0519. The second-order valence-electron chi connectivity index (χ2n) is 5.60. The van der Waals surface area contributed by atoms with Crippen LogP contribution in [-0.2, 0) is 14.3 Å². The number of nitrogens with one attached hydrogen (secondary N) is 1. The number of ether oxygens (including phenoxy) is 1. The van der Waals surface area contributed by atoms with E-state index in [4.69, 9.17) is 4.74 Å². The number of hydrogen-bond acceptors (Lipinski definition) is 6. The summed E-state index contributed by atoms with van der Waals surface area (Å²) in [7, 11) is 0. The first-order valence-electron chi connectivity index (χ1n) is 7.56. The van der Waals surface area contributed by atoms with Gasteiger partial charge in [0.1, 0.15) is 5.69 Å². The largest absolute Gasteiger partial charge is 0.377 e. The highest BCUT2D eigenvalue weighted by Gasteiger charge is 2.31. The molecule has 2 aliphatic rings. The third kappa shape index (κ3) is 3.16. The summed E-state index contributed by atoms with van der Waals surface area (Å²) < 4.78 is 5.48. The van der Waals surface area contributed by atoms with Gasteiger partial charge >= 0.3 is 0 Å². The second-order valence-corrected chi connectivity index (χ2v) is 5.60. The monoisotopic (exact) mass is 319 g/mol. The number of carbonyl (C=O) groups excluding carboxylic acids is 2. The molecule has 1 aromatic rings. The molecule has 23 heavy (non-hydrogen) atoms. The first-order valence-corrected chi connectivity index (χ1v) is 7.56. The van der Waals surface area contributed by atoms with Gasteiger partial charge in [-0.3, -0.25) is 24.6 Å². The van der Waals surface area contributed by atoms with E-state index in [1.54, 1.807) is 6.07 Å². The molecule has 0 aliphatic carbocycles. The van der Waals surface area contributed by atoms with Crippen LogP contribution in [0.4, 0.5) is 17.1 Å². The molecular formula is C15H17N3O5. The molecule has 2 saturated heterocycles. The fraction of sp³-hybridized carbons (Fsp3) is 0.467. The zero-order chi connectivity index (χ0) is 16.4. The maximum absolute atomic E-state index is 11.8. The van der Waals surface area contributed by atoms with Crippen molar-refractivity contribution in [1.82, 2.24) is 0 Å². The highest BCUT2D eigenvalue weighted by molar-refractivity contribution is 6.20. The summed E-state index contributed by atoms with van der Waals surface area (Å²) in [5.41, 5.74) is 0.438. The van der Waals surface area contributed by atoms with E-state index in [0.29, 0.717) is 18.8 Å². The summed E-state index contributed by atoms with van der Waals surface area (Å²) in [5, 5.41) is 14.3. The van der Waals surface area contributed by atoms with Gasteiger partial charge in [0.25, 0.3) is 5.69 Å². The summed E-state index contributed by atoms with van der Waals surface area (Å²) in [6.45, 7) is 1.20. The predicted molar refractivity (Wildman–Crippen MR) is 82.3 cm³/mol. The third-order valence-electron chi connectivity index (χ3n) is 4.03. The van der Waals surface area contributed by atoms with Crippen molar-refractivity contribution in [3.8, 4) is 0 Å². The first-order chi connectivity index (χ1) is 11.1. The fourth-order valence-corrected chi connectivity index (χ4v) is 2.85. The highest BCUT2D eigenvalue weighted by Crippen LogP contribution is 2.32. The van der Waals surface area contributed by atoms with Crippen LogP contribution >= 0.6 is 0 Å². The van der Waals surface area contributed by atoms with Crippen molar-refractivity contribution in [2.24, 2.45) is 0 Å². The summed E-state index contributed by atoms with van der Waals surface area (Å²) in [5.74, 6) is -0.659. The van der Waals surface area contributed by atoms with Gasteiger partial charge in [0.05, 0.1) is 16.7 Å². The number of amides is 2. The smallest absolute Gasteiger partial charge is 0.294 e. The van der Waals surface area contributed by atoms with Gasteiger partial charge in [-0.2, -0.15) is 0 Å². The van der Waals surface area contributed by atoms with Crippen LogP contribution < -0.4 is 10.2 Å². The Morgan fingerprint density at radius 3 is 2.65 bits per heavy atom. The Balaban J connectivity index is 1.82. The van der Waals surface area contributed by atoms with Crippen LogP contribution in [0.1, 0.15) is 25.7 Å². The molecule has 2 aliphatic heterocycles. The lowest BCUT2D eigenvalue weighted by Gasteiger charge is -2.16. The molecule has 0 saturated carbocycles. The molecule has 2 heterocycles. The van der Waals surface area contributed by atoms with Crippen molar-refractivity contribution in [1.29, 1.82) is 0 Å². The number of anilines is 2. The van der Waals surface area contributed by atoms with Crippen LogP contribution in [0.2, 0.25) is 0 Å². The van der Waals surface area contributed by atoms with E-state index in [2.05, 4.69) is 5.32 Å². The topological polar surface area (TPSA) is 102 Å². The summed E-state index contributed by atoms with van der Waals surface area (Å²) >= 11 is 0. The average Bonchev–Trinajstić information content (AvgIpc) is 3.15. The maximum Gasteiger partial charge on any atom is 0.294 e. The Morgan fingerprint density at radius 1 is 1.30 bits per heavy atom. The molecule has 1 atom stereocenters. The van der Waals surface area contributed by atoms with Crippen LogP contribution in [0, 0.1) is 10.1 Å². The van der Waals surface area contributed by atoms with E-state index in [1.165, 1.54) is 12.1 Å².